The summed E-state index contributed by atoms with van der Waals surface area (Å²) in [6, 6.07) is 4.04. The molecule has 2 rings (SSSR count). The fourth-order valence-electron chi connectivity index (χ4n) is 2.05. The van der Waals surface area contributed by atoms with E-state index in [1.807, 2.05) is 23.9 Å². The molecule has 0 aliphatic heterocycles. The van der Waals surface area contributed by atoms with Crippen LogP contribution in [-0.4, -0.2) is 22.0 Å². The average molecular weight is 248 g/mol. The quantitative estimate of drug-likeness (QED) is 0.851. The lowest BCUT2D eigenvalue weighted by atomic mass is 10.1. The van der Waals surface area contributed by atoms with E-state index >= 15 is 0 Å². The number of nitrogens with one attached hydrogen (secondary N) is 1. The zero-order valence-electron chi connectivity index (χ0n) is 11.2. The van der Waals surface area contributed by atoms with Crippen LogP contribution < -0.4 is 5.32 Å². The smallest absolute Gasteiger partial charge is 0.127 e. The summed E-state index contributed by atoms with van der Waals surface area (Å²) in [5.74, 6) is 1.91. The van der Waals surface area contributed by atoms with Crippen molar-refractivity contribution in [3.8, 4) is 0 Å². The van der Waals surface area contributed by atoms with Crippen molar-refractivity contribution in [1.29, 1.82) is 0 Å². The largest absolute Gasteiger partial charge is 0.464 e. The van der Waals surface area contributed by atoms with Crippen molar-refractivity contribution < 1.29 is 4.42 Å². The highest BCUT2D eigenvalue weighted by molar-refractivity contribution is 5.20. The Hall–Kier alpha value is -1.62. The van der Waals surface area contributed by atoms with Gasteiger partial charge in [-0.05, 0) is 25.6 Å². The molecule has 1 atom stereocenters. The molecule has 2 aromatic heterocycles. The zero-order valence-corrected chi connectivity index (χ0v) is 11.2. The number of hydrogen-bond acceptors (Lipinski definition) is 4. The lowest BCUT2D eigenvalue weighted by Gasteiger charge is -2.14. The number of aryl methyl sites for hydroxylation is 2. The van der Waals surface area contributed by atoms with Crippen molar-refractivity contribution in [2.75, 3.05) is 7.05 Å². The Morgan fingerprint density at radius 3 is 2.83 bits per heavy atom. The molecule has 1 unspecified atom stereocenters. The predicted octanol–water partition coefficient (Wildman–Crippen LogP) is 2.15. The number of furan rings is 1. The van der Waals surface area contributed by atoms with Gasteiger partial charge in [-0.15, -0.1) is 5.10 Å². The minimum Gasteiger partial charge on any atom is -0.464 e. The van der Waals surface area contributed by atoms with Gasteiger partial charge >= 0.3 is 0 Å². The summed E-state index contributed by atoms with van der Waals surface area (Å²) in [7, 11) is 1.92. The molecule has 0 aromatic carbocycles. The first kappa shape index (κ1) is 12.8. The van der Waals surface area contributed by atoms with E-state index in [9.17, 15) is 0 Å². The first-order valence-corrected chi connectivity index (χ1v) is 6.44. The van der Waals surface area contributed by atoms with E-state index in [1.165, 1.54) is 0 Å². The van der Waals surface area contributed by atoms with Crippen LogP contribution in [0.3, 0.4) is 0 Å². The molecule has 0 aliphatic carbocycles. The number of rotatable bonds is 6. The summed E-state index contributed by atoms with van der Waals surface area (Å²) in [6.45, 7) is 5.08. The van der Waals surface area contributed by atoms with E-state index in [-0.39, 0.29) is 6.04 Å². The predicted molar refractivity (Wildman–Crippen MR) is 69.3 cm³/mol. The number of hydrogen-bond donors (Lipinski definition) is 1. The van der Waals surface area contributed by atoms with Crippen LogP contribution in [-0.2, 0) is 13.0 Å². The Bertz CT molecular complexity index is 489. The Balaban J connectivity index is 2.29. The zero-order chi connectivity index (χ0) is 13.0. The summed E-state index contributed by atoms with van der Waals surface area (Å²) in [5.41, 5.74) is 1.04. The molecule has 0 fully saturated rings. The standard InChI is InChI=1S/C13H20N4O/c1-4-8-17-11(9-15-16-17)13(14-3)12-7-6-10(5-2)18-12/h6-7,9,13-14H,4-5,8H2,1-3H3. The molecule has 0 saturated heterocycles. The molecule has 0 aliphatic rings. The minimum absolute atomic E-state index is 0.00634. The number of aromatic nitrogens is 3. The topological polar surface area (TPSA) is 55.9 Å². The molecule has 5 heteroatoms. The monoisotopic (exact) mass is 248 g/mol. The Kier molecular flexibility index (Phi) is 4.15. The number of nitrogens with zero attached hydrogens (tertiary/aromatic N) is 3. The highest BCUT2D eigenvalue weighted by atomic mass is 16.3. The van der Waals surface area contributed by atoms with Crippen molar-refractivity contribution in [2.24, 2.45) is 0 Å². The molecule has 2 heterocycles. The summed E-state index contributed by atoms with van der Waals surface area (Å²) in [4.78, 5) is 0. The van der Waals surface area contributed by atoms with Crippen LogP contribution in [0.1, 0.15) is 43.5 Å². The molecule has 0 amide bonds. The van der Waals surface area contributed by atoms with Crippen molar-refractivity contribution in [2.45, 2.75) is 39.3 Å². The summed E-state index contributed by atoms with van der Waals surface area (Å²) < 4.78 is 7.74. The van der Waals surface area contributed by atoms with Gasteiger partial charge in [-0.3, -0.25) is 0 Å². The van der Waals surface area contributed by atoms with Gasteiger partial charge in [0.1, 0.15) is 17.6 Å². The van der Waals surface area contributed by atoms with E-state index in [2.05, 4.69) is 29.5 Å². The lowest BCUT2D eigenvalue weighted by Crippen LogP contribution is -2.21. The molecule has 1 N–H and O–H groups in total. The average Bonchev–Trinajstić information content (AvgIpc) is 3.01. The van der Waals surface area contributed by atoms with Crippen LogP contribution in [0.2, 0.25) is 0 Å². The molecule has 2 aromatic rings. The van der Waals surface area contributed by atoms with Gasteiger partial charge < -0.3 is 9.73 Å². The molecule has 98 valence electrons. The van der Waals surface area contributed by atoms with Gasteiger partial charge in [0.05, 0.1) is 11.9 Å². The van der Waals surface area contributed by atoms with E-state index in [0.717, 1.165) is 36.6 Å². The van der Waals surface area contributed by atoms with Gasteiger partial charge in [-0.25, -0.2) is 4.68 Å². The molecule has 0 radical (unpaired) electrons. The minimum atomic E-state index is 0.00634. The maximum Gasteiger partial charge on any atom is 0.127 e. The van der Waals surface area contributed by atoms with Crippen molar-refractivity contribution in [3.05, 3.63) is 35.5 Å². The lowest BCUT2D eigenvalue weighted by molar-refractivity contribution is 0.417. The van der Waals surface area contributed by atoms with Crippen LogP contribution >= 0.6 is 0 Å². The Labute approximate surface area is 107 Å². The second-order valence-corrected chi connectivity index (χ2v) is 4.26. The maximum atomic E-state index is 5.81. The van der Waals surface area contributed by atoms with Gasteiger partial charge in [0.2, 0.25) is 0 Å². The second-order valence-electron chi connectivity index (χ2n) is 4.26. The normalized spacial score (nSPS) is 12.8. The summed E-state index contributed by atoms with van der Waals surface area (Å²) in [6.07, 6.45) is 3.74. The van der Waals surface area contributed by atoms with E-state index < -0.39 is 0 Å². The van der Waals surface area contributed by atoms with Gasteiger partial charge in [-0.2, -0.15) is 0 Å². The van der Waals surface area contributed by atoms with Crippen LogP contribution in [0.5, 0.6) is 0 Å². The molecular formula is C13H20N4O. The first-order valence-electron chi connectivity index (χ1n) is 6.44. The molecule has 18 heavy (non-hydrogen) atoms. The van der Waals surface area contributed by atoms with Crippen molar-refractivity contribution in [3.63, 3.8) is 0 Å². The molecule has 0 saturated carbocycles. The molecule has 5 nitrogen and oxygen atoms in total. The maximum absolute atomic E-state index is 5.81. The highest BCUT2D eigenvalue weighted by Crippen LogP contribution is 2.23. The summed E-state index contributed by atoms with van der Waals surface area (Å²) in [5, 5.41) is 11.4. The second kappa shape index (κ2) is 5.82. The van der Waals surface area contributed by atoms with Gasteiger partial charge in [0.15, 0.2) is 0 Å². The first-order chi connectivity index (χ1) is 8.80. The highest BCUT2D eigenvalue weighted by Gasteiger charge is 2.20. The van der Waals surface area contributed by atoms with Crippen LogP contribution in [0, 0.1) is 0 Å². The third-order valence-corrected chi connectivity index (χ3v) is 2.98. The molecular weight excluding hydrogens is 228 g/mol. The van der Waals surface area contributed by atoms with Gasteiger partial charge in [0.25, 0.3) is 0 Å². The molecule has 0 spiro atoms. The summed E-state index contributed by atoms with van der Waals surface area (Å²) >= 11 is 0. The Morgan fingerprint density at radius 2 is 2.22 bits per heavy atom. The van der Waals surface area contributed by atoms with Gasteiger partial charge in [0, 0.05) is 13.0 Å². The van der Waals surface area contributed by atoms with Crippen LogP contribution in [0.4, 0.5) is 0 Å². The van der Waals surface area contributed by atoms with Crippen LogP contribution in [0.15, 0.2) is 22.7 Å². The Morgan fingerprint density at radius 1 is 1.39 bits per heavy atom. The van der Waals surface area contributed by atoms with E-state index in [0.29, 0.717) is 0 Å². The van der Waals surface area contributed by atoms with Crippen LogP contribution in [0.25, 0.3) is 0 Å². The van der Waals surface area contributed by atoms with E-state index in [1.54, 1.807) is 6.20 Å². The third kappa shape index (κ3) is 2.46. The fraction of sp³-hybridized carbons (Fsp3) is 0.538. The van der Waals surface area contributed by atoms with E-state index in [4.69, 9.17) is 4.42 Å². The SMILES string of the molecule is CCCn1nncc1C(NC)c1ccc(CC)o1. The fourth-order valence-corrected chi connectivity index (χ4v) is 2.05. The van der Waals surface area contributed by atoms with Crippen molar-refractivity contribution >= 4 is 0 Å². The molecule has 0 bridgehead atoms. The van der Waals surface area contributed by atoms with Gasteiger partial charge in [-0.1, -0.05) is 19.1 Å². The van der Waals surface area contributed by atoms with Crippen molar-refractivity contribution in [1.82, 2.24) is 20.3 Å². The third-order valence-electron chi connectivity index (χ3n) is 2.98.